The van der Waals surface area contributed by atoms with Crippen molar-refractivity contribution in [3.05, 3.63) is 29.8 Å². The number of hydrogen-bond acceptors (Lipinski definition) is 3. The van der Waals surface area contributed by atoms with Gasteiger partial charge in [-0.05, 0) is 49.8 Å². The molecule has 2 unspecified atom stereocenters. The van der Waals surface area contributed by atoms with Crippen molar-refractivity contribution in [1.29, 1.82) is 0 Å². The Labute approximate surface area is 115 Å². The predicted molar refractivity (Wildman–Crippen MR) is 80.1 cm³/mol. The number of aliphatic hydroxyl groups excluding tert-OH is 1. The van der Waals surface area contributed by atoms with Crippen LogP contribution in [-0.2, 0) is 0 Å². The number of aliphatic hydroxyl groups is 1. The first kappa shape index (κ1) is 15.5. The minimum absolute atomic E-state index is 0.289. The quantitative estimate of drug-likeness (QED) is 0.707. The minimum atomic E-state index is 0.289. The van der Waals surface area contributed by atoms with E-state index in [0.717, 1.165) is 19.4 Å². The van der Waals surface area contributed by atoms with Crippen LogP contribution in [0.15, 0.2) is 29.2 Å². The van der Waals surface area contributed by atoms with E-state index in [1.807, 2.05) is 0 Å². The normalized spacial score (nSPS) is 14.4. The van der Waals surface area contributed by atoms with Crippen LogP contribution >= 0.6 is 11.8 Å². The van der Waals surface area contributed by atoms with E-state index in [2.05, 4.69) is 49.7 Å². The second kappa shape index (κ2) is 8.57. The molecule has 2 atom stereocenters. The number of nitrogens with one attached hydrogen (secondary N) is 1. The van der Waals surface area contributed by atoms with Crippen molar-refractivity contribution in [2.75, 3.05) is 19.4 Å². The fraction of sp³-hybridized carbons (Fsp3) is 0.600. The predicted octanol–water partition coefficient (Wildman–Crippen LogP) is 3.47. The Bertz CT molecular complexity index is 326. The summed E-state index contributed by atoms with van der Waals surface area (Å²) in [5.41, 5.74) is 1.33. The van der Waals surface area contributed by atoms with Gasteiger partial charge < -0.3 is 10.4 Å². The van der Waals surface area contributed by atoms with Crippen molar-refractivity contribution in [2.24, 2.45) is 5.92 Å². The maximum atomic E-state index is 8.98. The zero-order valence-electron chi connectivity index (χ0n) is 11.6. The summed E-state index contributed by atoms with van der Waals surface area (Å²) in [4.78, 5) is 1.30. The number of benzene rings is 1. The maximum absolute atomic E-state index is 8.98. The fourth-order valence-corrected chi connectivity index (χ4v) is 2.40. The first-order valence-corrected chi connectivity index (χ1v) is 7.91. The molecular formula is C15H25NOS. The van der Waals surface area contributed by atoms with Crippen LogP contribution in [0.3, 0.4) is 0 Å². The molecule has 0 aliphatic rings. The zero-order chi connectivity index (χ0) is 13.4. The van der Waals surface area contributed by atoms with E-state index < -0.39 is 0 Å². The first-order chi connectivity index (χ1) is 8.71. The summed E-state index contributed by atoms with van der Waals surface area (Å²) in [5, 5.41) is 12.5. The Morgan fingerprint density at radius 3 is 2.44 bits per heavy atom. The molecule has 0 bridgehead atoms. The Kier molecular flexibility index (Phi) is 7.40. The summed E-state index contributed by atoms with van der Waals surface area (Å²) in [5.74, 6) is 0.572. The van der Waals surface area contributed by atoms with E-state index >= 15 is 0 Å². The van der Waals surface area contributed by atoms with Crippen molar-refractivity contribution >= 4 is 11.8 Å². The summed E-state index contributed by atoms with van der Waals surface area (Å²) in [6.07, 6.45) is 4.10. The van der Waals surface area contributed by atoms with Crippen LogP contribution in [0, 0.1) is 5.92 Å². The number of thioether (sulfide) groups is 1. The monoisotopic (exact) mass is 267 g/mol. The summed E-state index contributed by atoms with van der Waals surface area (Å²) >= 11 is 1.77. The molecule has 0 aliphatic carbocycles. The van der Waals surface area contributed by atoms with Gasteiger partial charge in [-0.1, -0.05) is 25.5 Å². The van der Waals surface area contributed by atoms with E-state index in [9.17, 15) is 0 Å². The van der Waals surface area contributed by atoms with Crippen LogP contribution in [0.2, 0.25) is 0 Å². The lowest BCUT2D eigenvalue weighted by Gasteiger charge is -2.19. The summed E-state index contributed by atoms with van der Waals surface area (Å²) in [7, 11) is 0. The topological polar surface area (TPSA) is 32.3 Å². The van der Waals surface area contributed by atoms with Crippen LogP contribution in [-0.4, -0.2) is 24.5 Å². The SMILES string of the molecule is CCC(CCO)CNC(C)c1ccc(SC)cc1. The molecule has 0 aromatic heterocycles. The second-order valence-electron chi connectivity index (χ2n) is 4.69. The highest BCUT2D eigenvalue weighted by atomic mass is 32.2. The highest BCUT2D eigenvalue weighted by Crippen LogP contribution is 2.19. The third kappa shape index (κ3) is 5.01. The zero-order valence-corrected chi connectivity index (χ0v) is 12.5. The summed E-state index contributed by atoms with van der Waals surface area (Å²) < 4.78 is 0. The summed E-state index contributed by atoms with van der Waals surface area (Å²) in [6, 6.07) is 9.09. The van der Waals surface area contributed by atoms with Gasteiger partial charge in [-0.25, -0.2) is 0 Å². The van der Waals surface area contributed by atoms with Gasteiger partial charge >= 0.3 is 0 Å². The third-order valence-corrected chi connectivity index (χ3v) is 4.19. The molecule has 2 N–H and O–H groups in total. The molecule has 102 valence electrons. The van der Waals surface area contributed by atoms with E-state index in [1.165, 1.54) is 10.5 Å². The highest BCUT2D eigenvalue weighted by Gasteiger charge is 2.09. The lowest BCUT2D eigenvalue weighted by molar-refractivity contribution is 0.249. The molecule has 1 rings (SSSR count). The average Bonchev–Trinajstić information content (AvgIpc) is 2.43. The fourth-order valence-electron chi connectivity index (χ4n) is 1.99. The van der Waals surface area contributed by atoms with E-state index in [0.29, 0.717) is 12.0 Å². The van der Waals surface area contributed by atoms with Crippen molar-refractivity contribution in [2.45, 2.75) is 37.6 Å². The first-order valence-electron chi connectivity index (χ1n) is 6.69. The average molecular weight is 267 g/mol. The molecule has 2 nitrogen and oxygen atoms in total. The smallest absolute Gasteiger partial charge is 0.0434 e. The molecular weight excluding hydrogens is 242 g/mol. The van der Waals surface area contributed by atoms with Gasteiger partial charge in [0.15, 0.2) is 0 Å². The van der Waals surface area contributed by atoms with E-state index in [4.69, 9.17) is 5.11 Å². The number of hydrogen-bond donors (Lipinski definition) is 2. The van der Waals surface area contributed by atoms with Crippen LogP contribution < -0.4 is 5.32 Å². The molecule has 18 heavy (non-hydrogen) atoms. The van der Waals surface area contributed by atoms with Crippen LogP contribution in [0.1, 0.15) is 38.3 Å². The van der Waals surface area contributed by atoms with Crippen LogP contribution in [0.4, 0.5) is 0 Å². The molecule has 0 aliphatic heterocycles. The molecule has 0 saturated carbocycles. The maximum Gasteiger partial charge on any atom is 0.0434 e. The van der Waals surface area contributed by atoms with Crippen molar-refractivity contribution < 1.29 is 5.11 Å². The molecule has 0 amide bonds. The lowest BCUT2D eigenvalue weighted by atomic mass is 10.0. The van der Waals surface area contributed by atoms with E-state index in [-0.39, 0.29) is 6.61 Å². The van der Waals surface area contributed by atoms with Gasteiger partial charge in [0.05, 0.1) is 0 Å². The Balaban J connectivity index is 2.45. The molecule has 0 spiro atoms. The van der Waals surface area contributed by atoms with E-state index in [1.54, 1.807) is 11.8 Å². The Hall–Kier alpha value is -0.510. The molecule has 1 aromatic carbocycles. The Morgan fingerprint density at radius 1 is 1.28 bits per heavy atom. The van der Waals surface area contributed by atoms with Gasteiger partial charge in [-0.15, -0.1) is 11.8 Å². The lowest BCUT2D eigenvalue weighted by Crippen LogP contribution is -2.26. The number of rotatable bonds is 8. The molecule has 0 heterocycles. The van der Waals surface area contributed by atoms with Gasteiger partial charge in [0.2, 0.25) is 0 Å². The Morgan fingerprint density at radius 2 is 1.94 bits per heavy atom. The van der Waals surface area contributed by atoms with Gasteiger partial charge in [-0.2, -0.15) is 0 Å². The summed E-state index contributed by atoms with van der Waals surface area (Å²) in [6.45, 7) is 5.64. The van der Waals surface area contributed by atoms with Gasteiger partial charge in [0, 0.05) is 17.5 Å². The van der Waals surface area contributed by atoms with Crippen molar-refractivity contribution in [1.82, 2.24) is 5.32 Å². The molecule has 0 radical (unpaired) electrons. The second-order valence-corrected chi connectivity index (χ2v) is 5.57. The van der Waals surface area contributed by atoms with Gasteiger partial charge in [0.1, 0.15) is 0 Å². The van der Waals surface area contributed by atoms with Gasteiger partial charge in [-0.3, -0.25) is 0 Å². The molecule has 1 aromatic rings. The minimum Gasteiger partial charge on any atom is -0.396 e. The largest absolute Gasteiger partial charge is 0.396 e. The third-order valence-electron chi connectivity index (χ3n) is 3.44. The highest BCUT2D eigenvalue weighted by molar-refractivity contribution is 7.98. The van der Waals surface area contributed by atoms with Gasteiger partial charge in [0.25, 0.3) is 0 Å². The van der Waals surface area contributed by atoms with Crippen LogP contribution in [0.25, 0.3) is 0 Å². The standard InChI is InChI=1S/C15H25NOS/c1-4-13(9-10-17)11-16-12(2)14-5-7-15(18-3)8-6-14/h5-8,12-13,16-17H,4,9-11H2,1-3H3. The van der Waals surface area contributed by atoms with Crippen molar-refractivity contribution in [3.63, 3.8) is 0 Å². The van der Waals surface area contributed by atoms with Crippen molar-refractivity contribution in [3.8, 4) is 0 Å². The molecule has 0 saturated heterocycles. The molecule has 0 fully saturated rings. The van der Waals surface area contributed by atoms with Crippen LogP contribution in [0.5, 0.6) is 0 Å². The molecule has 3 heteroatoms.